The van der Waals surface area contributed by atoms with E-state index in [0.717, 1.165) is 0 Å². The second-order valence-electron chi connectivity index (χ2n) is 1.99. The summed E-state index contributed by atoms with van der Waals surface area (Å²) in [7, 11) is 0. The molecule has 0 aromatic carbocycles. The van der Waals surface area contributed by atoms with E-state index < -0.39 is 5.91 Å². The Balaban J connectivity index is 3.23. The van der Waals surface area contributed by atoms with Gasteiger partial charge in [0.25, 0.3) is 5.91 Å². The van der Waals surface area contributed by atoms with Gasteiger partial charge in [0, 0.05) is 0 Å². The zero-order chi connectivity index (χ0) is 8.43. The Morgan fingerprint density at radius 2 is 2.36 bits per heavy atom. The molecule has 0 spiro atoms. The Hall–Kier alpha value is -1.16. The van der Waals surface area contributed by atoms with Crippen LogP contribution in [0.15, 0.2) is 6.20 Å². The van der Waals surface area contributed by atoms with Crippen LogP contribution in [0.1, 0.15) is 16.2 Å². The number of primary amides is 1. The average molecular weight is 172 g/mol. The Bertz CT molecular complexity index is 300. The van der Waals surface area contributed by atoms with Crippen LogP contribution in [-0.4, -0.2) is 15.9 Å². The maximum Gasteiger partial charge on any atom is 0.269 e. The maximum atomic E-state index is 10.6. The van der Waals surface area contributed by atoms with Crippen molar-refractivity contribution in [2.75, 3.05) is 0 Å². The fourth-order valence-electron chi connectivity index (χ4n) is 0.661. The number of hydrogen-bond acceptors (Lipinski definition) is 3. The highest BCUT2D eigenvalue weighted by molar-refractivity contribution is 6.29. The highest BCUT2D eigenvalue weighted by atomic mass is 35.5. The predicted octanol–water partition coefficient (Wildman–Crippen LogP) is 0.537. The van der Waals surface area contributed by atoms with E-state index in [1.54, 1.807) is 6.92 Å². The third-order valence-corrected chi connectivity index (χ3v) is 1.34. The molecule has 0 aliphatic carbocycles. The van der Waals surface area contributed by atoms with Crippen LogP contribution in [0.5, 0.6) is 0 Å². The highest BCUT2D eigenvalue weighted by Gasteiger charge is 2.07. The van der Waals surface area contributed by atoms with Gasteiger partial charge in [-0.2, -0.15) is 0 Å². The number of aryl methyl sites for hydroxylation is 1. The molecule has 0 aliphatic rings. The lowest BCUT2D eigenvalue weighted by Crippen LogP contribution is -2.15. The molecule has 0 fully saturated rings. The summed E-state index contributed by atoms with van der Waals surface area (Å²) in [5.41, 5.74) is 5.59. The zero-order valence-corrected chi connectivity index (χ0v) is 6.59. The van der Waals surface area contributed by atoms with Crippen LogP contribution >= 0.6 is 11.6 Å². The monoisotopic (exact) mass is 171 g/mol. The minimum atomic E-state index is -0.613. The molecule has 5 heteroatoms. The van der Waals surface area contributed by atoms with Gasteiger partial charge >= 0.3 is 0 Å². The van der Waals surface area contributed by atoms with Gasteiger partial charge in [0.05, 0.1) is 11.9 Å². The van der Waals surface area contributed by atoms with Crippen LogP contribution in [-0.2, 0) is 0 Å². The Morgan fingerprint density at radius 1 is 1.73 bits per heavy atom. The summed E-state index contributed by atoms with van der Waals surface area (Å²) < 4.78 is 0. The number of amides is 1. The van der Waals surface area contributed by atoms with E-state index in [1.807, 2.05) is 0 Å². The van der Waals surface area contributed by atoms with Crippen molar-refractivity contribution in [1.82, 2.24) is 9.97 Å². The lowest BCUT2D eigenvalue weighted by atomic mass is 10.3. The quantitative estimate of drug-likeness (QED) is 0.671. The number of carbonyl (C=O) groups excluding carboxylic acids is 1. The largest absolute Gasteiger partial charge is 0.364 e. The van der Waals surface area contributed by atoms with Gasteiger partial charge in [0.2, 0.25) is 0 Å². The molecule has 0 saturated carbocycles. The number of nitrogens with zero attached hydrogens (tertiary/aromatic N) is 2. The molecule has 0 saturated heterocycles. The summed E-state index contributed by atoms with van der Waals surface area (Å²) in [4.78, 5) is 18.1. The van der Waals surface area contributed by atoms with E-state index in [1.165, 1.54) is 6.20 Å². The fraction of sp³-hybridized carbons (Fsp3) is 0.167. The first-order valence-electron chi connectivity index (χ1n) is 2.90. The molecule has 1 heterocycles. The zero-order valence-electron chi connectivity index (χ0n) is 5.84. The Labute approximate surface area is 68.4 Å². The summed E-state index contributed by atoms with van der Waals surface area (Å²) >= 11 is 5.48. The summed E-state index contributed by atoms with van der Waals surface area (Å²) in [6.45, 7) is 1.64. The van der Waals surface area contributed by atoms with Crippen molar-refractivity contribution < 1.29 is 4.79 Å². The van der Waals surface area contributed by atoms with Gasteiger partial charge in [-0.15, -0.1) is 0 Å². The third kappa shape index (κ3) is 1.65. The predicted molar refractivity (Wildman–Crippen MR) is 40.3 cm³/mol. The van der Waals surface area contributed by atoms with Crippen LogP contribution in [0.4, 0.5) is 0 Å². The molecule has 0 aliphatic heterocycles. The van der Waals surface area contributed by atoms with E-state index in [0.29, 0.717) is 5.69 Å². The molecule has 1 aromatic heterocycles. The number of halogens is 1. The van der Waals surface area contributed by atoms with E-state index in [9.17, 15) is 4.79 Å². The van der Waals surface area contributed by atoms with E-state index >= 15 is 0 Å². The summed E-state index contributed by atoms with van der Waals surface area (Å²) in [6.07, 6.45) is 1.36. The minimum Gasteiger partial charge on any atom is -0.364 e. The van der Waals surface area contributed by atoms with Gasteiger partial charge in [-0.25, -0.2) is 4.98 Å². The Kier molecular flexibility index (Phi) is 2.05. The van der Waals surface area contributed by atoms with Crippen molar-refractivity contribution in [3.63, 3.8) is 0 Å². The van der Waals surface area contributed by atoms with E-state index in [-0.39, 0.29) is 10.8 Å². The molecule has 1 rings (SSSR count). The molecule has 1 aromatic rings. The molecular weight excluding hydrogens is 166 g/mol. The molecule has 0 radical (unpaired) electrons. The molecule has 2 N–H and O–H groups in total. The lowest BCUT2D eigenvalue weighted by molar-refractivity contribution is 0.0994. The molecule has 0 atom stereocenters. The number of nitrogens with two attached hydrogens (primary N) is 1. The minimum absolute atomic E-state index is 0.123. The topological polar surface area (TPSA) is 68.9 Å². The van der Waals surface area contributed by atoms with Crippen molar-refractivity contribution in [2.45, 2.75) is 6.92 Å². The molecule has 4 nitrogen and oxygen atoms in total. The van der Waals surface area contributed by atoms with E-state index in [4.69, 9.17) is 17.3 Å². The fourth-order valence-corrected chi connectivity index (χ4v) is 0.795. The van der Waals surface area contributed by atoms with Crippen molar-refractivity contribution in [1.29, 1.82) is 0 Å². The van der Waals surface area contributed by atoms with Gasteiger partial charge in [-0.1, -0.05) is 11.6 Å². The molecule has 0 bridgehead atoms. The molecular formula is C6H6ClN3O. The number of aromatic nitrogens is 2. The molecule has 0 unspecified atom stereocenters. The maximum absolute atomic E-state index is 10.6. The smallest absolute Gasteiger partial charge is 0.269 e. The SMILES string of the molecule is Cc1ncc(Cl)nc1C(N)=O. The lowest BCUT2D eigenvalue weighted by Gasteiger charge is -1.97. The third-order valence-electron chi connectivity index (χ3n) is 1.16. The normalized spacial score (nSPS) is 9.64. The van der Waals surface area contributed by atoms with Crippen molar-refractivity contribution in [3.05, 3.63) is 22.7 Å². The standard InChI is InChI=1S/C6H6ClN3O/c1-3-5(6(8)11)10-4(7)2-9-3/h2H,1H3,(H2,8,11). The average Bonchev–Trinajstić information content (AvgIpc) is 1.94. The summed E-state index contributed by atoms with van der Waals surface area (Å²) in [5, 5.41) is 0.171. The van der Waals surface area contributed by atoms with Crippen LogP contribution in [0, 0.1) is 6.92 Å². The van der Waals surface area contributed by atoms with Gasteiger partial charge in [0.1, 0.15) is 5.15 Å². The second-order valence-corrected chi connectivity index (χ2v) is 2.38. The summed E-state index contributed by atoms with van der Waals surface area (Å²) in [5.74, 6) is -0.613. The number of carbonyl (C=O) groups is 1. The van der Waals surface area contributed by atoms with Crippen molar-refractivity contribution in [2.24, 2.45) is 5.73 Å². The first-order valence-corrected chi connectivity index (χ1v) is 3.28. The first kappa shape index (κ1) is 7.94. The van der Waals surface area contributed by atoms with Crippen molar-refractivity contribution >= 4 is 17.5 Å². The van der Waals surface area contributed by atoms with Gasteiger partial charge in [0.15, 0.2) is 5.69 Å². The highest BCUT2D eigenvalue weighted by Crippen LogP contribution is 2.05. The van der Waals surface area contributed by atoms with E-state index in [2.05, 4.69) is 9.97 Å². The molecule has 11 heavy (non-hydrogen) atoms. The Morgan fingerprint density at radius 3 is 2.82 bits per heavy atom. The van der Waals surface area contributed by atoms with Gasteiger partial charge in [-0.05, 0) is 6.92 Å². The number of rotatable bonds is 1. The van der Waals surface area contributed by atoms with Crippen LogP contribution < -0.4 is 5.73 Å². The van der Waals surface area contributed by atoms with Crippen molar-refractivity contribution in [3.8, 4) is 0 Å². The number of hydrogen-bond donors (Lipinski definition) is 1. The summed E-state index contributed by atoms with van der Waals surface area (Å²) in [6, 6.07) is 0. The first-order chi connectivity index (χ1) is 5.11. The van der Waals surface area contributed by atoms with Gasteiger partial charge < -0.3 is 5.73 Å². The van der Waals surface area contributed by atoms with Crippen LogP contribution in [0.25, 0.3) is 0 Å². The van der Waals surface area contributed by atoms with Crippen LogP contribution in [0.3, 0.4) is 0 Å². The van der Waals surface area contributed by atoms with Crippen LogP contribution in [0.2, 0.25) is 5.15 Å². The molecule has 1 amide bonds. The second kappa shape index (κ2) is 2.84. The molecule has 58 valence electrons. The van der Waals surface area contributed by atoms with Gasteiger partial charge in [-0.3, -0.25) is 9.78 Å².